The summed E-state index contributed by atoms with van der Waals surface area (Å²) in [6.45, 7) is 1.92. The molecule has 2 aromatic rings. The highest BCUT2D eigenvalue weighted by Gasteiger charge is 2.17. The lowest BCUT2D eigenvalue weighted by molar-refractivity contribution is 0.0690. The summed E-state index contributed by atoms with van der Waals surface area (Å²) in [7, 11) is 0. The van der Waals surface area contributed by atoms with Crippen molar-refractivity contribution in [3.8, 4) is 10.7 Å². The van der Waals surface area contributed by atoms with Crippen LogP contribution in [0.1, 0.15) is 22.3 Å². The average molecular weight is 234 g/mol. The third-order valence-corrected chi connectivity index (χ3v) is 3.33. The number of aryl methyl sites for hydroxylation is 1. The summed E-state index contributed by atoms with van der Waals surface area (Å²) in [5.41, 5.74) is 0.864. The van der Waals surface area contributed by atoms with Crippen molar-refractivity contribution in [2.75, 3.05) is 0 Å². The highest BCUT2D eigenvalue weighted by Crippen LogP contribution is 2.26. The van der Waals surface area contributed by atoms with Crippen LogP contribution in [-0.4, -0.2) is 21.0 Å². The standard InChI is InChI=1S/C11H10N2O2S/c1-2-8-9(11(14)15)13-10(16-8)7-5-3-4-6-12-7/h3-6H,2H2,1H3,(H,14,15). The van der Waals surface area contributed by atoms with Gasteiger partial charge in [-0.1, -0.05) is 13.0 Å². The van der Waals surface area contributed by atoms with Crippen LogP contribution in [0, 0.1) is 0 Å². The van der Waals surface area contributed by atoms with Gasteiger partial charge in [-0.15, -0.1) is 11.3 Å². The molecule has 2 heterocycles. The maximum absolute atomic E-state index is 10.9. The largest absolute Gasteiger partial charge is 0.476 e. The molecule has 0 spiro atoms. The van der Waals surface area contributed by atoms with Gasteiger partial charge in [-0.3, -0.25) is 4.98 Å². The van der Waals surface area contributed by atoms with Gasteiger partial charge in [0.2, 0.25) is 0 Å². The molecule has 82 valence electrons. The summed E-state index contributed by atoms with van der Waals surface area (Å²) in [6.07, 6.45) is 2.34. The van der Waals surface area contributed by atoms with Crippen LogP contribution in [-0.2, 0) is 6.42 Å². The van der Waals surface area contributed by atoms with Crippen LogP contribution in [0.2, 0.25) is 0 Å². The molecule has 0 aliphatic carbocycles. The zero-order valence-corrected chi connectivity index (χ0v) is 9.49. The van der Waals surface area contributed by atoms with E-state index in [1.807, 2.05) is 25.1 Å². The van der Waals surface area contributed by atoms with Gasteiger partial charge in [-0.25, -0.2) is 9.78 Å². The number of carboxylic acid groups (broad SMARTS) is 1. The molecular weight excluding hydrogens is 224 g/mol. The molecule has 0 aromatic carbocycles. The fourth-order valence-corrected chi connectivity index (χ4v) is 2.33. The van der Waals surface area contributed by atoms with Gasteiger partial charge in [0.15, 0.2) is 5.69 Å². The van der Waals surface area contributed by atoms with Crippen molar-refractivity contribution in [3.63, 3.8) is 0 Å². The number of hydrogen-bond acceptors (Lipinski definition) is 4. The van der Waals surface area contributed by atoms with Gasteiger partial charge >= 0.3 is 5.97 Å². The number of rotatable bonds is 3. The van der Waals surface area contributed by atoms with E-state index in [0.29, 0.717) is 11.4 Å². The Hall–Kier alpha value is -1.75. The van der Waals surface area contributed by atoms with Crippen LogP contribution in [0.25, 0.3) is 10.7 Å². The second-order valence-electron chi connectivity index (χ2n) is 3.16. The number of carboxylic acids is 1. The van der Waals surface area contributed by atoms with Crippen molar-refractivity contribution < 1.29 is 9.90 Å². The summed E-state index contributed by atoms with van der Waals surface area (Å²) in [6, 6.07) is 5.50. The molecule has 0 unspecified atom stereocenters. The second kappa shape index (κ2) is 4.40. The molecule has 4 nitrogen and oxygen atoms in total. The maximum atomic E-state index is 10.9. The first kappa shape index (κ1) is 10.8. The number of pyridine rings is 1. The molecule has 0 saturated carbocycles. The highest BCUT2D eigenvalue weighted by molar-refractivity contribution is 7.15. The number of carbonyl (C=O) groups is 1. The van der Waals surface area contributed by atoms with E-state index in [9.17, 15) is 4.79 Å². The Bertz CT molecular complexity index is 508. The van der Waals surface area contributed by atoms with E-state index in [1.54, 1.807) is 6.20 Å². The quantitative estimate of drug-likeness (QED) is 0.886. The molecule has 2 aromatic heterocycles. The van der Waals surface area contributed by atoms with E-state index in [4.69, 9.17) is 5.11 Å². The molecule has 0 amide bonds. The minimum atomic E-state index is -0.977. The minimum Gasteiger partial charge on any atom is -0.476 e. The van der Waals surface area contributed by atoms with Gasteiger partial charge in [0.05, 0.1) is 5.69 Å². The predicted molar refractivity (Wildman–Crippen MR) is 61.7 cm³/mol. The van der Waals surface area contributed by atoms with Crippen LogP contribution in [0.4, 0.5) is 0 Å². The highest BCUT2D eigenvalue weighted by atomic mass is 32.1. The fraction of sp³-hybridized carbons (Fsp3) is 0.182. The molecule has 0 aliphatic heterocycles. The molecule has 0 saturated heterocycles. The maximum Gasteiger partial charge on any atom is 0.355 e. The molecule has 0 aliphatic rings. The Morgan fingerprint density at radius 2 is 2.31 bits per heavy atom. The van der Waals surface area contributed by atoms with Crippen LogP contribution < -0.4 is 0 Å². The van der Waals surface area contributed by atoms with Gasteiger partial charge in [-0.05, 0) is 18.6 Å². The van der Waals surface area contributed by atoms with Crippen LogP contribution >= 0.6 is 11.3 Å². The smallest absolute Gasteiger partial charge is 0.355 e. The van der Waals surface area contributed by atoms with E-state index in [1.165, 1.54) is 11.3 Å². The molecule has 2 rings (SSSR count). The summed E-state index contributed by atoms with van der Waals surface area (Å²) >= 11 is 1.39. The molecule has 0 atom stereocenters. The molecule has 5 heteroatoms. The van der Waals surface area contributed by atoms with Crippen molar-refractivity contribution in [1.29, 1.82) is 0 Å². The van der Waals surface area contributed by atoms with Crippen molar-refractivity contribution in [1.82, 2.24) is 9.97 Å². The number of hydrogen-bond donors (Lipinski definition) is 1. The zero-order chi connectivity index (χ0) is 11.5. The van der Waals surface area contributed by atoms with Crippen molar-refractivity contribution in [2.45, 2.75) is 13.3 Å². The average Bonchev–Trinajstić information content (AvgIpc) is 2.74. The first-order valence-electron chi connectivity index (χ1n) is 4.86. The summed E-state index contributed by atoms with van der Waals surface area (Å²) in [5.74, 6) is -0.977. The Morgan fingerprint density at radius 3 is 2.81 bits per heavy atom. The number of aromatic carboxylic acids is 1. The molecule has 0 radical (unpaired) electrons. The van der Waals surface area contributed by atoms with Crippen molar-refractivity contribution in [2.24, 2.45) is 0 Å². The van der Waals surface area contributed by atoms with E-state index < -0.39 is 5.97 Å². The molecule has 16 heavy (non-hydrogen) atoms. The summed E-state index contributed by atoms with van der Waals surface area (Å²) < 4.78 is 0. The SMILES string of the molecule is CCc1sc(-c2ccccn2)nc1C(=O)O. The molecule has 0 bridgehead atoms. The van der Waals surface area contributed by atoms with Crippen molar-refractivity contribution in [3.05, 3.63) is 35.0 Å². The monoisotopic (exact) mass is 234 g/mol. The molecule has 0 fully saturated rings. The third-order valence-electron chi connectivity index (χ3n) is 2.11. The van der Waals surface area contributed by atoms with Crippen LogP contribution in [0.3, 0.4) is 0 Å². The van der Waals surface area contributed by atoms with Gasteiger partial charge in [0, 0.05) is 11.1 Å². The lowest BCUT2D eigenvalue weighted by Gasteiger charge is -1.91. The minimum absolute atomic E-state index is 0.146. The Balaban J connectivity index is 2.48. The predicted octanol–water partition coefficient (Wildman–Crippen LogP) is 2.47. The molecule has 1 N–H and O–H groups in total. The molecular formula is C11H10N2O2S. The van der Waals surface area contributed by atoms with Gasteiger partial charge in [-0.2, -0.15) is 0 Å². The Labute approximate surface area is 96.6 Å². The first-order chi connectivity index (χ1) is 7.72. The van der Waals surface area contributed by atoms with Crippen molar-refractivity contribution >= 4 is 17.3 Å². The van der Waals surface area contributed by atoms with E-state index in [-0.39, 0.29) is 5.69 Å². The Kier molecular flexibility index (Phi) is 2.96. The lowest BCUT2D eigenvalue weighted by atomic mass is 10.3. The van der Waals surface area contributed by atoms with E-state index >= 15 is 0 Å². The summed E-state index contributed by atoms with van der Waals surface area (Å²) in [4.78, 5) is 20.0. The van der Waals surface area contributed by atoms with Gasteiger partial charge in [0.1, 0.15) is 5.01 Å². The number of aromatic nitrogens is 2. The number of thiazole rings is 1. The summed E-state index contributed by atoms with van der Waals surface area (Å²) in [5, 5.41) is 9.64. The van der Waals surface area contributed by atoms with Gasteiger partial charge < -0.3 is 5.11 Å². The number of nitrogens with zero attached hydrogens (tertiary/aromatic N) is 2. The normalized spacial score (nSPS) is 10.3. The first-order valence-corrected chi connectivity index (χ1v) is 5.68. The zero-order valence-electron chi connectivity index (χ0n) is 8.67. The van der Waals surface area contributed by atoms with E-state index in [2.05, 4.69) is 9.97 Å². The lowest BCUT2D eigenvalue weighted by Crippen LogP contribution is -2.00. The van der Waals surface area contributed by atoms with Gasteiger partial charge in [0.25, 0.3) is 0 Å². The van der Waals surface area contributed by atoms with E-state index in [0.717, 1.165) is 10.6 Å². The topological polar surface area (TPSA) is 63.1 Å². The Morgan fingerprint density at radius 1 is 1.50 bits per heavy atom. The third kappa shape index (κ3) is 1.94. The fourth-order valence-electron chi connectivity index (χ4n) is 1.36. The van der Waals surface area contributed by atoms with Crippen LogP contribution in [0.15, 0.2) is 24.4 Å². The van der Waals surface area contributed by atoms with Crippen LogP contribution in [0.5, 0.6) is 0 Å². The second-order valence-corrected chi connectivity index (χ2v) is 4.25.